The molecule has 0 aliphatic carbocycles. The molecular weight excluding hydrogens is 360 g/mol. The highest BCUT2D eigenvalue weighted by molar-refractivity contribution is 5.89. The number of hydrogen-bond acceptors (Lipinski definition) is 5. The Bertz CT molecular complexity index is 594. The number of piperidine rings is 3. The molecule has 3 fully saturated rings. The molecule has 0 amide bonds. The van der Waals surface area contributed by atoms with E-state index in [4.69, 9.17) is 4.99 Å². The van der Waals surface area contributed by atoms with Crippen molar-refractivity contribution in [3.05, 3.63) is 0 Å². The Hall–Kier alpha value is -1.63. The van der Waals surface area contributed by atoms with E-state index in [1.165, 1.54) is 38.9 Å². The fourth-order valence-corrected chi connectivity index (χ4v) is 5.05. The van der Waals surface area contributed by atoms with Gasteiger partial charge in [-0.3, -0.25) is 4.99 Å². The van der Waals surface area contributed by atoms with Crippen LogP contribution in [0.3, 0.4) is 0 Å². The van der Waals surface area contributed by atoms with Crippen molar-refractivity contribution in [3.63, 3.8) is 0 Å². The van der Waals surface area contributed by atoms with E-state index < -0.39 is 5.92 Å². The van der Waals surface area contributed by atoms with Gasteiger partial charge in [0.05, 0.1) is 18.2 Å². The van der Waals surface area contributed by atoms with Crippen molar-refractivity contribution in [1.82, 2.24) is 14.7 Å². The van der Waals surface area contributed by atoms with E-state index >= 15 is 0 Å². The van der Waals surface area contributed by atoms with Crippen molar-refractivity contribution in [2.75, 3.05) is 45.8 Å². The summed E-state index contributed by atoms with van der Waals surface area (Å²) in [6, 6.07) is 5.20. The molecule has 3 aliphatic rings. The van der Waals surface area contributed by atoms with E-state index in [2.05, 4.69) is 40.7 Å². The Balaban J connectivity index is 1.58. The Morgan fingerprint density at radius 1 is 0.897 bits per heavy atom. The van der Waals surface area contributed by atoms with E-state index in [1.54, 1.807) is 0 Å². The minimum Gasteiger partial charge on any atom is -0.358 e. The molecule has 29 heavy (non-hydrogen) atoms. The average molecular weight is 399 g/mol. The molecule has 0 saturated carbocycles. The third kappa shape index (κ3) is 6.17. The van der Waals surface area contributed by atoms with Gasteiger partial charge in [0.15, 0.2) is 5.92 Å². The third-order valence-corrected chi connectivity index (χ3v) is 6.96. The Morgan fingerprint density at radius 2 is 1.52 bits per heavy atom. The van der Waals surface area contributed by atoms with Gasteiger partial charge in [0, 0.05) is 38.8 Å². The molecule has 6 nitrogen and oxygen atoms in total. The predicted molar refractivity (Wildman–Crippen MR) is 116 cm³/mol. The monoisotopic (exact) mass is 398 g/mol. The van der Waals surface area contributed by atoms with Gasteiger partial charge in [-0.1, -0.05) is 6.42 Å². The fraction of sp³-hybridized carbons (Fsp3) is 0.870. The van der Waals surface area contributed by atoms with Gasteiger partial charge in [0.1, 0.15) is 5.84 Å². The lowest BCUT2D eigenvalue weighted by molar-refractivity contribution is 0.156. The van der Waals surface area contributed by atoms with Gasteiger partial charge in [-0.2, -0.15) is 10.5 Å². The van der Waals surface area contributed by atoms with Crippen LogP contribution in [0.5, 0.6) is 0 Å². The van der Waals surface area contributed by atoms with Crippen LogP contribution in [-0.4, -0.2) is 78.4 Å². The van der Waals surface area contributed by atoms with Crippen molar-refractivity contribution < 1.29 is 0 Å². The number of amidine groups is 1. The predicted octanol–water partition coefficient (Wildman–Crippen LogP) is 3.12. The minimum atomic E-state index is -0.739. The van der Waals surface area contributed by atoms with E-state index in [1.807, 2.05) is 0 Å². The summed E-state index contributed by atoms with van der Waals surface area (Å²) in [6.07, 6.45) is 8.41. The third-order valence-electron chi connectivity index (χ3n) is 6.96. The molecule has 0 aromatic rings. The van der Waals surface area contributed by atoms with E-state index in [0.29, 0.717) is 6.04 Å². The molecule has 0 radical (unpaired) electrons. The van der Waals surface area contributed by atoms with Crippen molar-refractivity contribution in [3.8, 4) is 12.1 Å². The van der Waals surface area contributed by atoms with Gasteiger partial charge in [0.25, 0.3) is 0 Å². The average Bonchev–Trinajstić information content (AvgIpc) is 2.75. The molecule has 3 saturated heterocycles. The number of likely N-dealkylation sites (tertiary alicyclic amines) is 3. The van der Waals surface area contributed by atoms with Gasteiger partial charge in [-0.05, 0) is 71.4 Å². The first-order valence-corrected chi connectivity index (χ1v) is 11.7. The summed E-state index contributed by atoms with van der Waals surface area (Å²) in [6.45, 7) is 12.2. The molecule has 0 unspecified atom stereocenters. The second kappa shape index (κ2) is 11.0. The second-order valence-corrected chi connectivity index (χ2v) is 9.33. The molecule has 3 rings (SSSR count). The highest BCUT2D eigenvalue weighted by Crippen LogP contribution is 2.24. The maximum absolute atomic E-state index is 9.54. The molecule has 0 spiro atoms. The van der Waals surface area contributed by atoms with Crippen LogP contribution in [0.25, 0.3) is 0 Å². The lowest BCUT2D eigenvalue weighted by atomic mass is 9.94. The Labute approximate surface area is 177 Å². The lowest BCUT2D eigenvalue weighted by Gasteiger charge is -2.38. The first-order chi connectivity index (χ1) is 14.1. The van der Waals surface area contributed by atoms with Crippen molar-refractivity contribution in [2.45, 2.75) is 70.9 Å². The van der Waals surface area contributed by atoms with Crippen LogP contribution in [0.15, 0.2) is 4.99 Å². The van der Waals surface area contributed by atoms with Crippen LogP contribution in [-0.2, 0) is 0 Å². The second-order valence-electron chi connectivity index (χ2n) is 9.33. The number of aliphatic imine (C=N–C) groups is 1. The van der Waals surface area contributed by atoms with Gasteiger partial charge < -0.3 is 14.7 Å². The molecule has 160 valence electrons. The molecule has 3 aliphatic heterocycles. The van der Waals surface area contributed by atoms with Crippen LogP contribution in [0.4, 0.5) is 0 Å². The SMILES string of the molecule is CC(C)N1CCC(N=C(C(C#N)C#N)N2CCC(CN3CCCCC3)CC2)CC1. The van der Waals surface area contributed by atoms with Gasteiger partial charge in [-0.15, -0.1) is 0 Å². The van der Waals surface area contributed by atoms with Crippen LogP contribution < -0.4 is 0 Å². The number of nitriles is 2. The highest BCUT2D eigenvalue weighted by atomic mass is 15.2. The van der Waals surface area contributed by atoms with Gasteiger partial charge >= 0.3 is 0 Å². The first kappa shape index (κ1) is 22.1. The summed E-state index contributed by atoms with van der Waals surface area (Å²) in [7, 11) is 0. The zero-order valence-corrected chi connectivity index (χ0v) is 18.4. The molecule has 0 atom stereocenters. The Morgan fingerprint density at radius 3 is 2.07 bits per heavy atom. The summed E-state index contributed by atoms with van der Waals surface area (Å²) in [5.74, 6) is 0.744. The summed E-state index contributed by atoms with van der Waals surface area (Å²) >= 11 is 0. The molecule has 0 N–H and O–H groups in total. The van der Waals surface area contributed by atoms with Gasteiger partial charge in [0.2, 0.25) is 0 Å². The zero-order chi connectivity index (χ0) is 20.6. The standard InChI is InChI=1S/C23H38N6/c1-19(2)28-14-8-22(9-15-28)26-23(21(16-24)17-25)29-12-6-20(7-13-29)18-27-10-4-3-5-11-27/h19-22H,3-15,18H2,1-2H3. The summed E-state index contributed by atoms with van der Waals surface area (Å²) in [4.78, 5) is 12.4. The van der Waals surface area contributed by atoms with Crippen molar-refractivity contribution in [1.29, 1.82) is 10.5 Å². The summed E-state index contributed by atoms with van der Waals surface area (Å²) in [5, 5.41) is 19.1. The maximum Gasteiger partial charge on any atom is 0.189 e. The number of rotatable bonds is 5. The highest BCUT2D eigenvalue weighted by Gasteiger charge is 2.29. The van der Waals surface area contributed by atoms with Crippen LogP contribution in [0, 0.1) is 34.5 Å². The van der Waals surface area contributed by atoms with Crippen LogP contribution in [0.1, 0.15) is 58.8 Å². The van der Waals surface area contributed by atoms with Crippen LogP contribution in [0.2, 0.25) is 0 Å². The van der Waals surface area contributed by atoms with E-state index in [9.17, 15) is 10.5 Å². The van der Waals surface area contributed by atoms with Crippen molar-refractivity contribution >= 4 is 5.84 Å². The van der Waals surface area contributed by atoms with Crippen LogP contribution >= 0.6 is 0 Å². The first-order valence-electron chi connectivity index (χ1n) is 11.7. The molecule has 0 aromatic heterocycles. The van der Waals surface area contributed by atoms with E-state index in [-0.39, 0.29) is 6.04 Å². The summed E-state index contributed by atoms with van der Waals surface area (Å²) in [5.41, 5.74) is 0. The Kier molecular flexibility index (Phi) is 8.33. The van der Waals surface area contributed by atoms with Gasteiger partial charge in [-0.25, -0.2) is 0 Å². The molecular formula is C23H38N6. The molecule has 0 aromatic carbocycles. The zero-order valence-electron chi connectivity index (χ0n) is 18.4. The minimum absolute atomic E-state index is 0.246. The number of nitrogens with zero attached hydrogens (tertiary/aromatic N) is 6. The topological polar surface area (TPSA) is 69.7 Å². The fourth-order valence-electron chi connectivity index (χ4n) is 5.05. The quantitative estimate of drug-likeness (QED) is 0.526. The molecule has 0 bridgehead atoms. The normalized spacial score (nSPS) is 24.1. The molecule has 6 heteroatoms. The lowest BCUT2D eigenvalue weighted by Crippen LogP contribution is -2.45. The maximum atomic E-state index is 9.54. The largest absolute Gasteiger partial charge is 0.358 e. The number of hydrogen-bond donors (Lipinski definition) is 0. The summed E-state index contributed by atoms with van der Waals surface area (Å²) < 4.78 is 0. The van der Waals surface area contributed by atoms with E-state index in [0.717, 1.165) is 63.6 Å². The smallest absolute Gasteiger partial charge is 0.189 e. The van der Waals surface area contributed by atoms with Crippen molar-refractivity contribution in [2.24, 2.45) is 16.8 Å². The molecule has 3 heterocycles.